The maximum Gasteiger partial charge on any atom is 0.434 e. The SMILES string of the molecule is CCOC(=O)Cc1c(C(F)F)cnc(C(F)(F)F)c1I. The van der Waals surface area contributed by atoms with Crippen molar-refractivity contribution in [1.82, 2.24) is 4.98 Å². The lowest BCUT2D eigenvalue weighted by Crippen LogP contribution is -2.17. The number of halogens is 6. The van der Waals surface area contributed by atoms with E-state index in [1.165, 1.54) is 29.5 Å². The smallest absolute Gasteiger partial charge is 0.434 e. The zero-order valence-electron chi connectivity index (χ0n) is 10.1. The molecule has 1 aromatic rings. The van der Waals surface area contributed by atoms with E-state index in [-0.39, 0.29) is 6.61 Å². The Morgan fingerprint density at radius 2 is 2.05 bits per heavy atom. The van der Waals surface area contributed by atoms with Crippen LogP contribution in [-0.4, -0.2) is 17.6 Å². The highest BCUT2D eigenvalue weighted by Gasteiger charge is 2.37. The highest BCUT2D eigenvalue weighted by molar-refractivity contribution is 14.1. The molecule has 0 saturated carbocycles. The van der Waals surface area contributed by atoms with Crippen LogP contribution in [0, 0.1) is 3.57 Å². The van der Waals surface area contributed by atoms with Gasteiger partial charge in [-0.25, -0.2) is 8.78 Å². The summed E-state index contributed by atoms with van der Waals surface area (Å²) in [6.45, 7) is 1.52. The average molecular weight is 409 g/mol. The van der Waals surface area contributed by atoms with Gasteiger partial charge in [0.05, 0.1) is 13.0 Å². The lowest BCUT2D eigenvalue weighted by Gasteiger charge is -2.15. The van der Waals surface area contributed by atoms with Gasteiger partial charge in [-0.2, -0.15) is 13.2 Å². The van der Waals surface area contributed by atoms with Crippen molar-refractivity contribution in [3.8, 4) is 0 Å². The van der Waals surface area contributed by atoms with Crippen molar-refractivity contribution in [2.75, 3.05) is 6.61 Å². The van der Waals surface area contributed by atoms with E-state index in [1.807, 2.05) is 0 Å². The first-order valence-electron chi connectivity index (χ1n) is 5.36. The molecule has 0 aliphatic carbocycles. The topological polar surface area (TPSA) is 39.2 Å². The molecule has 0 amide bonds. The summed E-state index contributed by atoms with van der Waals surface area (Å²) in [6.07, 6.45) is -8.01. The molecule has 0 aliphatic rings. The number of aromatic nitrogens is 1. The lowest BCUT2D eigenvalue weighted by atomic mass is 10.1. The van der Waals surface area contributed by atoms with E-state index in [4.69, 9.17) is 0 Å². The van der Waals surface area contributed by atoms with E-state index in [0.717, 1.165) is 0 Å². The largest absolute Gasteiger partial charge is 0.466 e. The van der Waals surface area contributed by atoms with Crippen LogP contribution in [-0.2, 0) is 22.1 Å². The van der Waals surface area contributed by atoms with Gasteiger partial charge in [-0.05, 0) is 35.1 Å². The molecule has 1 heterocycles. The normalized spacial score (nSPS) is 11.8. The Morgan fingerprint density at radius 3 is 2.50 bits per heavy atom. The molecule has 1 rings (SSSR count). The molecule has 3 nitrogen and oxygen atoms in total. The number of pyridine rings is 1. The molecule has 0 aromatic carbocycles. The third kappa shape index (κ3) is 4.00. The fourth-order valence-electron chi connectivity index (χ4n) is 1.46. The highest BCUT2D eigenvalue weighted by atomic mass is 127. The maximum absolute atomic E-state index is 12.8. The second kappa shape index (κ2) is 6.64. The minimum absolute atomic E-state index is 0.0106. The number of carbonyl (C=O) groups is 1. The van der Waals surface area contributed by atoms with Crippen LogP contribution in [0.4, 0.5) is 22.0 Å². The van der Waals surface area contributed by atoms with E-state index in [2.05, 4.69) is 9.72 Å². The standard InChI is InChI=1S/C11H9F5INO2/c1-2-20-7(19)3-5-6(10(12)13)4-18-9(8(5)17)11(14,15)16/h4,10H,2-3H2,1H3. The Balaban J connectivity index is 3.32. The number of rotatable bonds is 4. The van der Waals surface area contributed by atoms with Gasteiger partial charge in [-0.3, -0.25) is 9.78 Å². The minimum Gasteiger partial charge on any atom is -0.466 e. The number of hydrogen-bond donors (Lipinski definition) is 0. The summed E-state index contributed by atoms with van der Waals surface area (Å²) >= 11 is 1.26. The van der Waals surface area contributed by atoms with Crippen molar-refractivity contribution >= 4 is 28.6 Å². The van der Waals surface area contributed by atoms with Gasteiger partial charge in [-0.1, -0.05) is 0 Å². The highest BCUT2D eigenvalue weighted by Crippen LogP contribution is 2.36. The van der Waals surface area contributed by atoms with Crippen LogP contribution in [0.1, 0.15) is 30.2 Å². The second-order valence-corrected chi connectivity index (χ2v) is 4.71. The van der Waals surface area contributed by atoms with E-state index in [1.54, 1.807) is 0 Å². The van der Waals surface area contributed by atoms with Crippen LogP contribution in [0.25, 0.3) is 0 Å². The van der Waals surface area contributed by atoms with E-state index in [0.29, 0.717) is 6.20 Å². The van der Waals surface area contributed by atoms with Gasteiger partial charge in [0.25, 0.3) is 6.43 Å². The van der Waals surface area contributed by atoms with Crippen molar-refractivity contribution < 1.29 is 31.5 Å². The molecule has 112 valence electrons. The number of alkyl halides is 5. The molecule has 0 N–H and O–H groups in total. The quantitative estimate of drug-likeness (QED) is 0.432. The van der Waals surface area contributed by atoms with Gasteiger partial charge in [0.2, 0.25) is 0 Å². The van der Waals surface area contributed by atoms with Crippen molar-refractivity contribution in [1.29, 1.82) is 0 Å². The number of carbonyl (C=O) groups excluding carboxylic acids is 1. The minimum atomic E-state index is -4.78. The van der Waals surface area contributed by atoms with Crippen LogP contribution < -0.4 is 0 Å². The molecule has 20 heavy (non-hydrogen) atoms. The Morgan fingerprint density at radius 1 is 1.45 bits per heavy atom. The average Bonchev–Trinajstić information content (AvgIpc) is 2.29. The monoisotopic (exact) mass is 409 g/mol. The summed E-state index contributed by atoms with van der Waals surface area (Å²) in [6, 6.07) is 0. The summed E-state index contributed by atoms with van der Waals surface area (Å²) in [5, 5.41) is 0. The zero-order chi connectivity index (χ0) is 15.5. The molecule has 0 bridgehead atoms. The van der Waals surface area contributed by atoms with Gasteiger partial charge in [0.1, 0.15) is 0 Å². The van der Waals surface area contributed by atoms with Crippen LogP contribution in [0.2, 0.25) is 0 Å². The number of hydrogen-bond acceptors (Lipinski definition) is 3. The van der Waals surface area contributed by atoms with Crippen LogP contribution >= 0.6 is 22.6 Å². The molecular formula is C11H9F5INO2. The molecule has 0 saturated heterocycles. The van der Waals surface area contributed by atoms with Crippen molar-refractivity contribution in [2.24, 2.45) is 0 Å². The molecule has 0 spiro atoms. The first kappa shape index (κ1) is 17.1. The molecule has 9 heteroatoms. The van der Waals surface area contributed by atoms with E-state index < -0.39 is 45.4 Å². The van der Waals surface area contributed by atoms with Gasteiger partial charge < -0.3 is 4.74 Å². The molecule has 0 unspecified atom stereocenters. The third-order valence-electron chi connectivity index (χ3n) is 2.28. The summed E-state index contributed by atoms with van der Waals surface area (Å²) in [5.74, 6) is -0.869. The molecular weight excluding hydrogens is 400 g/mol. The summed E-state index contributed by atoms with van der Waals surface area (Å²) in [7, 11) is 0. The Hall–Kier alpha value is -1.00. The fourth-order valence-corrected chi connectivity index (χ4v) is 2.41. The zero-order valence-corrected chi connectivity index (χ0v) is 12.3. The van der Waals surface area contributed by atoms with Gasteiger partial charge in [0, 0.05) is 15.3 Å². The van der Waals surface area contributed by atoms with Crippen LogP contribution in [0.3, 0.4) is 0 Å². The number of nitrogens with zero attached hydrogens (tertiary/aromatic N) is 1. The second-order valence-electron chi connectivity index (χ2n) is 3.63. The van der Waals surface area contributed by atoms with Crippen LogP contribution in [0.15, 0.2) is 6.20 Å². The van der Waals surface area contributed by atoms with Crippen molar-refractivity contribution in [2.45, 2.75) is 25.9 Å². The van der Waals surface area contributed by atoms with Gasteiger partial charge >= 0.3 is 12.1 Å². The Kier molecular flexibility index (Phi) is 5.66. The van der Waals surface area contributed by atoms with Gasteiger partial charge in [-0.15, -0.1) is 0 Å². The first-order chi connectivity index (χ1) is 9.18. The molecule has 0 aliphatic heterocycles. The molecule has 1 aromatic heterocycles. The molecule has 0 atom stereocenters. The number of esters is 1. The first-order valence-corrected chi connectivity index (χ1v) is 6.44. The Labute approximate surface area is 124 Å². The Bertz CT molecular complexity index is 504. The summed E-state index contributed by atoms with van der Waals surface area (Å²) < 4.78 is 67.7. The third-order valence-corrected chi connectivity index (χ3v) is 3.45. The van der Waals surface area contributed by atoms with E-state index >= 15 is 0 Å². The van der Waals surface area contributed by atoms with Crippen LogP contribution in [0.5, 0.6) is 0 Å². The van der Waals surface area contributed by atoms with Gasteiger partial charge in [0.15, 0.2) is 5.69 Å². The molecule has 0 radical (unpaired) electrons. The lowest BCUT2D eigenvalue weighted by molar-refractivity contribution is -0.144. The predicted octanol–water partition coefficient (Wildman–Crippen LogP) is 3.75. The van der Waals surface area contributed by atoms with Crippen molar-refractivity contribution in [3.05, 3.63) is 26.6 Å². The fraction of sp³-hybridized carbons (Fsp3) is 0.455. The number of ether oxygens (including phenoxy) is 1. The summed E-state index contributed by atoms with van der Waals surface area (Å²) in [5.41, 5.74) is -2.39. The predicted molar refractivity (Wildman–Crippen MR) is 67.3 cm³/mol. The van der Waals surface area contributed by atoms with Crippen molar-refractivity contribution in [3.63, 3.8) is 0 Å². The maximum atomic E-state index is 12.8. The summed E-state index contributed by atoms with van der Waals surface area (Å²) in [4.78, 5) is 14.3. The van der Waals surface area contributed by atoms with E-state index in [9.17, 15) is 26.7 Å². The molecule has 0 fully saturated rings.